The Morgan fingerprint density at radius 3 is 2.65 bits per heavy atom. The summed E-state index contributed by atoms with van der Waals surface area (Å²) in [5.41, 5.74) is 7.93. The van der Waals surface area contributed by atoms with Crippen molar-refractivity contribution < 1.29 is 13.2 Å². The number of benzene rings is 2. The Kier molecular flexibility index (Phi) is 5.39. The normalized spacial score (nSPS) is 16.3. The third-order valence-electron chi connectivity index (χ3n) is 4.24. The van der Waals surface area contributed by atoms with Crippen molar-refractivity contribution in [1.82, 2.24) is 0 Å². The maximum Gasteiger partial charge on any atom is 0.416 e. The number of para-hydroxylation sites is 1. The second-order valence-corrected chi connectivity index (χ2v) is 7.22. The number of hydrogen-bond donors (Lipinski definition) is 2. The van der Waals surface area contributed by atoms with Gasteiger partial charge in [0.25, 0.3) is 0 Å². The van der Waals surface area contributed by atoms with E-state index >= 15 is 0 Å². The van der Waals surface area contributed by atoms with E-state index in [-0.39, 0.29) is 5.96 Å². The smallest absolute Gasteiger partial charge is 0.369 e. The van der Waals surface area contributed by atoms with Crippen LogP contribution >= 0.6 is 24.2 Å². The maximum absolute atomic E-state index is 13.1. The first-order valence-corrected chi connectivity index (χ1v) is 8.95. The van der Waals surface area contributed by atoms with Gasteiger partial charge in [-0.3, -0.25) is 0 Å². The number of fused-ring (bicyclic) bond motifs is 1. The summed E-state index contributed by atoms with van der Waals surface area (Å²) < 4.78 is 38.7. The molecule has 0 aromatic heterocycles. The highest BCUT2D eigenvalue weighted by Gasteiger charge is 2.32. The van der Waals surface area contributed by atoms with Crippen molar-refractivity contribution in [1.29, 1.82) is 0 Å². The Hall–Kier alpha value is -1.86. The van der Waals surface area contributed by atoms with Crippen LogP contribution in [0.25, 0.3) is 0 Å². The van der Waals surface area contributed by atoms with E-state index in [0.29, 0.717) is 29.9 Å². The first kappa shape index (κ1) is 18.9. The molecule has 2 aromatic rings. The number of anilines is 1. The Balaban J connectivity index is 2.01. The second-order valence-electron chi connectivity index (χ2n) is 5.96. The number of alkyl halides is 4. The van der Waals surface area contributed by atoms with Gasteiger partial charge >= 0.3 is 6.18 Å². The van der Waals surface area contributed by atoms with Crippen LogP contribution in [0.3, 0.4) is 0 Å². The van der Waals surface area contributed by atoms with Gasteiger partial charge in [0, 0.05) is 17.8 Å². The predicted octanol–water partition coefficient (Wildman–Crippen LogP) is 5.27. The molecule has 2 aromatic carbocycles. The molecular weight excluding hydrogens is 383 g/mol. The molecule has 138 valence electrons. The molecule has 2 N–H and O–H groups in total. The van der Waals surface area contributed by atoms with Crippen molar-refractivity contribution in [2.24, 2.45) is 10.7 Å². The summed E-state index contributed by atoms with van der Waals surface area (Å²) >= 11 is 10.3. The van der Waals surface area contributed by atoms with Crippen LogP contribution in [0.2, 0.25) is 0 Å². The molecule has 0 radical (unpaired) electrons. The van der Waals surface area contributed by atoms with Crippen molar-refractivity contribution in [3.8, 4) is 0 Å². The van der Waals surface area contributed by atoms with Crippen molar-refractivity contribution >= 4 is 41.6 Å². The molecule has 0 saturated heterocycles. The SMILES string of the molecule is NC(=Nc1ccccc1C(S)Cl)N1CCCc2ccc(C(F)(F)F)cc21. The molecule has 3 nitrogen and oxygen atoms in total. The van der Waals surface area contributed by atoms with Gasteiger partial charge in [0.05, 0.1) is 11.3 Å². The number of halogens is 4. The standard InChI is InChI=1S/C18H17ClF3N3S/c19-16(26)13-5-1-2-6-14(13)24-17(23)25-9-3-4-11-7-8-12(10-15(11)25)18(20,21)22/h1-2,5-8,10,16,26H,3-4,9H2,(H2,23,24). The fraction of sp³-hybridized carbons (Fsp3) is 0.278. The molecule has 0 fully saturated rings. The summed E-state index contributed by atoms with van der Waals surface area (Å²) in [5.74, 6) is 0.128. The van der Waals surface area contributed by atoms with E-state index in [2.05, 4.69) is 17.6 Å². The van der Waals surface area contributed by atoms with Crippen molar-refractivity contribution in [3.63, 3.8) is 0 Å². The minimum Gasteiger partial charge on any atom is -0.369 e. The number of hydrogen-bond acceptors (Lipinski definition) is 2. The number of nitrogens with two attached hydrogens (primary N) is 1. The van der Waals surface area contributed by atoms with Crippen molar-refractivity contribution in [2.45, 2.75) is 23.7 Å². The second kappa shape index (κ2) is 7.40. The number of aliphatic imine (C=N–C) groups is 1. The third-order valence-corrected chi connectivity index (χ3v) is 4.75. The van der Waals surface area contributed by atoms with Crippen LogP contribution in [0.1, 0.15) is 27.8 Å². The van der Waals surface area contributed by atoms with E-state index in [4.69, 9.17) is 17.3 Å². The van der Waals surface area contributed by atoms with Gasteiger partial charge in [-0.25, -0.2) is 4.99 Å². The van der Waals surface area contributed by atoms with Crippen LogP contribution in [0, 0.1) is 0 Å². The zero-order chi connectivity index (χ0) is 18.9. The van der Waals surface area contributed by atoms with Crippen LogP contribution in [0.4, 0.5) is 24.5 Å². The first-order valence-electron chi connectivity index (χ1n) is 8.00. The monoisotopic (exact) mass is 399 g/mol. The Labute approximate surface area is 160 Å². The van der Waals surface area contributed by atoms with Gasteiger partial charge in [-0.15, -0.1) is 11.6 Å². The molecule has 1 unspecified atom stereocenters. The van der Waals surface area contributed by atoms with Crippen molar-refractivity contribution in [2.75, 3.05) is 11.4 Å². The quantitative estimate of drug-likeness (QED) is 0.312. The molecule has 0 aliphatic carbocycles. The molecule has 0 saturated carbocycles. The fourth-order valence-corrected chi connectivity index (χ4v) is 3.37. The molecule has 26 heavy (non-hydrogen) atoms. The number of guanidine groups is 1. The van der Waals surface area contributed by atoms with E-state index in [1.807, 2.05) is 6.07 Å². The maximum atomic E-state index is 13.1. The number of nitrogens with zero attached hydrogens (tertiary/aromatic N) is 2. The number of thiol groups is 1. The molecule has 3 rings (SSSR count). The first-order chi connectivity index (χ1) is 12.3. The van der Waals surface area contributed by atoms with Crippen molar-refractivity contribution in [3.05, 3.63) is 59.2 Å². The Morgan fingerprint density at radius 1 is 1.23 bits per heavy atom. The predicted molar refractivity (Wildman–Crippen MR) is 102 cm³/mol. The van der Waals surface area contributed by atoms with Crippen LogP contribution in [0.15, 0.2) is 47.5 Å². The fourth-order valence-electron chi connectivity index (χ4n) is 2.96. The Bertz CT molecular complexity index is 837. The lowest BCUT2D eigenvalue weighted by molar-refractivity contribution is -0.137. The summed E-state index contributed by atoms with van der Waals surface area (Å²) in [7, 11) is 0. The van der Waals surface area contributed by atoms with Crippen LogP contribution in [-0.2, 0) is 12.6 Å². The highest BCUT2D eigenvalue weighted by atomic mass is 35.5. The molecule has 1 aliphatic heterocycles. The lowest BCUT2D eigenvalue weighted by atomic mass is 9.99. The molecular formula is C18H17ClF3N3S. The number of rotatable bonds is 2. The molecule has 0 spiro atoms. The lowest BCUT2D eigenvalue weighted by Crippen LogP contribution is -2.40. The summed E-state index contributed by atoms with van der Waals surface area (Å²) in [4.78, 5) is 6.02. The zero-order valence-electron chi connectivity index (χ0n) is 13.7. The third kappa shape index (κ3) is 3.94. The van der Waals surface area contributed by atoms with E-state index < -0.39 is 16.4 Å². The van der Waals surface area contributed by atoms with E-state index in [1.165, 1.54) is 6.07 Å². The van der Waals surface area contributed by atoms with Gasteiger partial charge in [0.15, 0.2) is 0 Å². The lowest BCUT2D eigenvalue weighted by Gasteiger charge is -2.31. The minimum absolute atomic E-state index is 0.128. The topological polar surface area (TPSA) is 41.6 Å². The zero-order valence-corrected chi connectivity index (χ0v) is 15.3. The average Bonchev–Trinajstić information content (AvgIpc) is 2.60. The van der Waals surface area contributed by atoms with E-state index in [0.717, 1.165) is 24.1 Å². The Morgan fingerprint density at radius 2 is 1.96 bits per heavy atom. The van der Waals surface area contributed by atoms with Crippen LogP contribution < -0.4 is 10.6 Å². The largest absolute Gasteiger partial charge is 0.416 e. The molecule has 1 atom stereocenters. The van der Waals surface area contributed by atoms with Gasteiger partial charge in [-0.1, -0.05) is 24.3 Å². The molecule has 1 aliphatic rings. The van der Waals surface area contributed by atoms with Crippen LogP contribution in [0.5, 0.6) is 0 Å². The molecule has 0 amide bonds. The summed E-state index contributed by atoms with van der Waals surface area (Å²) in [5, 5.41) is 0. The van der Waals surface area contributed by atoms with Crippen LogP contribution in [-0.4, -0.2) is 12.5 Å². The molecule has 1 heterocycles. The summed E-state index contributed by atoms with van der Waals surface area (Å²) in [6.45, 7) is 0.497. The summed E-state index contributed by atoms with van der Waals surface area (Å²) in [6, 6.07) is 10.9. The molecule has 0 bridgehead atoms. The molecule has 8 heteroatoms. The van der Waals surface area contributed by atoms with Gasteiger partial charge in [0.2, 0.25) is 5.96 Å². The highest BCUT2D eigenvalue weighted by Crippen LogP contribution is 2.36. The van der Waals surface area contributed by atoms with E-state index in [9.17, 15) is 13.2 Å². The average molecular weight is 400 g/mol. The number of aryl methyl sites for hydroxylation is 1. The van der Waals surface area contributed by atoms with Gasteiger partial charge in [0.1, 0.15) is 4.71 Å². The van der Waals surface area contributed by atoms with Gasteiger partial charge in [-0.05, 0) is 36.6 Å². The highest BCUT2D eigenvalue weighted by molar-refractivity contribution is 7.82. The summed E-state index contributed by atoms with van der Waals surface area (Å²) in [6.07, 6.45) is -2.93. The van der Waals surface area contributed by atoms with Gasteiger partial charge < -0.3 is 10.6 Å². The van der Waals surface area contributed by atoms with Gasteiger partial charge in [-0.2, -0.15) is 25.8 Å². The minimum atomic E-state index is -4.41. The van der Waals surface area contributed by atoms with E-state index in [1.54, 1.807) is 23.1 Å².